The Bertz CT molecular complexity index is 2800. The molecule has 17 heteroatoms. The molecule has 5 fully saturated rings. The summed E-state index contributed by atoms with van der Waals surface area (Å²) in [7, 11) is 3.71. The Morgan fingerprint density at radius 3 is 2.42 bits per heavy atom. The van der Waals surface area contributed by atoms with Crippen molar-refractivity contribution in [1.29, 1.82) is 0 Å². The number of fused-ring (bicyclic) bond motifs is 4. The molecule has 2 N–H and O–H groups in total. The number of aromatic hydroxyl groups is 1. The SMILES string of the molecule is C#CC1=C(F)CCc2cc(O)cc(-c3ncc4c(N5CC6CCC(C5)N6C)nc(OCC5(CN6CCN(CC7CCN(c8ccc(C)c(CN(C=O)C(CCC=O)C(=O)NC)c8)CC7)CC6)CC5)nc4c3F)c21. The smallest absolute Gasteiger partial charge is 0.319 e. The lowest BCUT2D eigenvalue weighted by molar-refractivity contribution is -0.133. The van der Waals surface area contributed by atoms with Crippen molar-refractivity contribution in [2.24, 2.45) is 11.3 Å². The Balaban J connectivity index is 0.771. The number of allylic oxidation sites excluding steroid dienone is 2. The minimum atomic E-state index is -0.712. The van der Waals surface area contributed by atoms with Crippen LogP contribution in [0.4, 0.5) is 20.3 Å². The van der Waals surface area contributed by atoms with Crippen LogP contribution in [0.5, 0.6) is 11.8 Å². The fourth-order valence-corrected chi connectivity index (χ4v) is 12.2. The van der Waals surface area contributed by atoms with Crippen LogP contribution in [-0.2, 0) is 27.3 Å². The largest absolute Gasteiger partial charge is 0.508 e. The van der Waals surface area contributed by atoms with Crippen molar-refractivity contribution < 1.29 is 33.0 Å². The molecule has 6 heterocycles. The minimum Gasteiger partial charge on any atom is -0.508 e. The molecule has 4 aromatic rings. The molecule has 4 aliphatic heterocycles. The van der Waals surface area contributed by atoms with Crippen LogP contribution in [0.1, 0.15) is 80.0 Å². The van der Waals surface area contributed by atoms with Crippen molar-refractivity contribution in [2.75, 3.05) is 95.9 Å². The first kappa shape index (κ1) is 50.3. The second-order valence-electron chi connectivity index (χ2n) is 21.5. The summed E-state index contributed by atoms with van der Waals surface area (Å²) < 4.78 is 38.9. The molecule has 15 nitrogen and oxygen atoms in total. The van der Waals surface area contributed by atoms with Crippen LogP contribution in [-0.4, -0.2) is 163 Å². The predicted octanol–water partition coefficient (Wildman–Crippen LogP) is 6.13. The maximum absolute atomic E-state index is 17.2. The number of terminal acetylenes is 1. The van der Waals surface area contributed by atoms with Crippen molar-refractivity contribution in [3.05, 3.63) is 70.4 Å². The van der Waals surface area contributed by atoms with E-state index in [-0.39, 0.29) is 71.2 Å². The van der Waals surface area contributed by atoms with Gasteiger partial charge in [-0.2, -0.15) is 9.97 Å². The number of piperidine rings is 1. The lowest BCUT2D eigenvalue weighted by Gasteiger charge is -2.40. The molecule has 2 amide bonds. The Morgan fingerprint density at radius 1 is 1.00 bits per heavy atom. The lowest BCUT2D eigenvalue weighted by Crippen LogP contribution is -2.52. The van der Waals surface area contributed by atoms with Crippen LogP contribution >= 0.6 is 0 Å². The Labute approximate surface area is 426 Å². The zero-order valence-corrected chi connectivity index (χ0v) is 42.4. The number of halogens is 2. The fourth-order valence-electron chi connectivity index (χ4n) is 12.2. The maximum Gasteiger partial charge on any atom is 0.319 e. The molecule has 73 heavy (non-hydrogen) atoms. The molecule has 2 aromatic heterocycles. The number of amides is 2. The number of aldehydes is 1. The van der Waals surface area contributed by atoms with Gasteiger partial charge < -0.3 is 44.5 Å². The fraction of sp³-hybridized carbons (Fsp3) is 0.536. The zero-order valence-electron chi connectivity index (χ0n) is 42.4. The Kier molecular flexibility index (Phi) is 14.7. The van der Waals surface area contributed by atoms with E-state index in [4.69, 9.17) is 21.1 Å². The van der Waals surface area contributed by atoms with E-state index in [9.17, 15) is 19.5 Å². The number of aromatic nitrogens is 3. The summed E-state index contributed by atoms with van der Waals surface area (Å²) in [6.45, 7) is 12.0. The number of hydrogen-bond donors (Lipinski definition) is 2. The van der Waals surface area contributed by atoms with E-state index in [0.717, 1.165) is 127 Å². The quantitative estimate of drug-likeness (QED) is 0.0870. The molecule has 0 radical (unpaired) electrons. The number of likely N-dealkylation sites (N-methyl/N-ethyl adjacent to an activating group) is 2. The molecular formula is C56H68F2N10O5. The molecule has 6 aliphatic rings. The summed E-state index contributed by atoms with van der Waals surface area (Å²) in [6.07, 6.45) is 16.2. The highest BCUT2D eigenvalue weighted by molar-refractivity contribution is 5.96. The average molecular weight is 999 g/mol. The topological polar surface area (TPSA) is 151 Å². The molecule has 2 aliphatic carbocycles. The van der Waals surface area contributed by atoms with Gasteiger partial charge in [0.15, 0.2) is 5.82 Å². The number of nitrogens with one attached hydrogen (secondary N) is 1. The van der Waals surface area contributed by atoms with E-state index in [1.54, 1.807) is 19.3 Å². The standard InChI is InChI=1S/C56H68F2N10O5/c1-5-44-47(57)13-9-38-26-43(71)27-45(49(38)44)51-50(58)52-46(28-60-51)53(67-31-41-11-12-42(32-67)63(41)4)62-55(61-52)73-34-56(16-17-56)33-65-22-20-64(21-23-65)29-37-14-18-66(19-15-37)40-10-8-36(2)39(25-40)30-68(35-70)48(7-6-24-69)54(72)59-3/h1,8,10,24-28,35,37,41-42,48,71H,6-7,9,11-23,29-34H2,2-4H3,(H,59,72). The first-order valence-electron chi connectivity index (χ1n) is 26.2. The molecule has 0 spiro atoms. The number of carbonyl (C=O) groups is 3. The third-order valence-electron chi connectivity index (χ3n) is 16.8. The summed E-state index contributed by atoms with van der Waals surface area (Å²) in [6, 6.07) is 9.43. The number of phenolic OH excluding ortho intramolecular Hbond substituents is 1. The van der Waals surface area contributed by atoms with Gasteiger partial charge in [-0.05, 0) is 112 Å². The van der Waals surface area contributed by atoms with Gasteiger partial charge in [-0.3, -0.25) is 19.5 Å². The summed E-state index contributed by atoms with van der Waals surface area (Å²) in [4.78, 5) is 64.1. The number of pyridine rings is 1. The first-order chi connectivity index (χ1) is 35.4. The molecule has 2 aromatic carbocycles. The summed E-state index contributed by atoms with van der Waals surface area (Å²) in [5, 5.41) is 13.9. The van der Waals surface area contributed by atoms with Crippen molar-refractivity contribution in [1.82, 2.24) is 39.9 Å². The third kappa shape index (κ3) is 10.5. The minimum absolute atomic E-state index is 0.0470. The summed E-state index contributed by atoms with van der Waals surface area (Å²) >= 11 is 0. The van der Waals surface area contributed by atoms with Gasteiger partial charge in [-0.1, -0.05) is 12.0 Å². The van der Waals surface area contributed by atoms with Crippen LogP contribution in [0, 0.1) is 36.4 Å². The van der Waals surface area contributed by atoms with Crippen LogP contribution in [0.3, 0.4) is 0 Å². The van der Waals surface area contributed by atoms with Gasteiger partial charge in [0, 0.05) is 132 Å². The number of piperazine rings is 2. The molecular weight excluding hydrogens is 931 g/mol. The van der Waals surface area contributed by atoms with Gasteiger partial charge in [0.05, 0.1) is 17.6 Å². The number of phenols is 1. The van der Waals surface area contributed by atoms with E-state index < -0.39 is 17.7 Å². The predicted molar refractivity (Wildman–Crippen MR) is 277 cm³/mol. The average Bonchev–Trinajstić information content (AvgIpc) is 4.14. The lowest BCUT2D eigenvalue weighted by atomic mass is 9.85. The normalized spacial score (nSPS) is 21.7. The van der Waals surface area contributed by atoms with Gasteiger partial charge in [0.1, 0.15) is 40.9 Å². The van der Waals surface area contributed by atoms with Gasteiger partial charge in [-0.25, -0.2) is 8.78 Å². The number of ether oxygens (including phenoxy) is 1. The second-order valence-corrected chi connectivity index (χ2v) is 21.5. The number of nitrogens with zero attached hydrogens (tertiary/aromatic N) is 9. The Morgan fingerprint density at radius 2 is 1.74 bits per heavy atom. The molecule has 10 rings (SSSR count). The van der Waals surface area contributed by atoms with Crippen LogP contribution in [0.15, 0.2) is 42.4 Å². The van der Waals surface area contributed by atoms with Crippen molar-refractivity contribution in [2.45, 2.75) is 95.8 Å². The van der Waals surface area contributed by atoms with Gasteiger partial charge in [-0.15, -0.1) is 6.42 Å². The van der Waals surface area contributed by atoms with E-state index in [0.29, 0.717) is 59.8 Å². The summed E-state index contributed by atoms with van der Waals surface area (Å²) in [5.41, 5.74) is 4.37. The third-order valence-corrected chi connectivity index (χ3v) is 16.8. The molecule has 2 bridgehead atoms. The second kappa shape index (κ2) is 21.3. The van der Waals surface area contributed by atoms with Crippen molar-refractivity contribution in [3.8, 4) is 35.4 Å². The van der Waals surface area contributed by atoms with E-state index >= 15 is 8.78 Å². The van der Waals surface area contributed by atoms with Crippen LogP contribution < -0.4 is 19.9 Å². The zero-order chi connectivity index (χ0) is 51.0. The highest BCUT2D eigenvalue weighted by atomic mass is 19.1. The van der Waals surface area contributed by atoms with E-state index in [1.807, 2.05) is 6.92 Å². The molecule has 3 unspecified atom stereocenters. The van der Waals surface area contributed by atoms with Gasteiger partial charge >= 0.3 is 6.01 Å². The van der Waals surface area contributed by atoms with Crippen LogP contribution in [0.25, 0.3) is 27.7 Å². The molecule has 3 atom stereocenters. The number of aryl methyl sites for hydroxylation is 2. The highest BCUT2D eigenvalue weighted by Gasteiger charge is 2.46. The number of anilines is 2. The highest BCUT2D eigenvalue weighted by Crippen LogP contribution is 2.47. The van der Waals surface area contributed by atoms with Crippen LogP contribution in [0.2, 0.25) is 0 Å². The van der Waals surface area contributed by atoms with Gasteiger partial charge in [0.25, 0.3) is 0 Å². The maximum atomic E-state index is 17.2. The Hall–Kier alpha value is -6.22. The van der Waals surface area contributed by atoms with E-state index in [1.165, 1.54) is 11.0 Å². The molecule has 4 saturated heterocycles. The number of rotatable bonds is 18. The van der Waals surface area contributed by atoms with Crippen molar-refractivity contribution >= 4 is 46.6 Å². The number of hydrogen-bond acceptors (Lipinski definition) is 13. The molecule has 386 valence electrons. The number of carbonyl (C=O) groups excluding carboxylic acids is 3. The monoisotopic (exact) mass is 999 g/mol. The summed E-state index contributed by atoms with van der Waals surface area (Å²) in [5.74, 6) is 2.15. The number of benzene rings is 2. The van der Waals surface area contributed by atoms with E-state index in [2.05, 4.69) is 66.0 Å². The van der Waals surface area contributed by atoms with Gasteiger partial charge in [0.2, 0.25) is 12.3 Å². The molecule has 1 saturated carbocycles. The first-order valence-corrected chi connectivity index (χ1v) is 26.2. The van der Waals surface area contributed by atoms with Crippen molar-refractivity contribution in [3.63, 3.8) is 0 Å².